The fourth-order valence-electron chi connectivity index (χ4n) is 3.23. The standard InChI is InChI=1S/C27H27IN2O5/c1-17(2)20-11-9-18(3)13-24(20)34-16-26(31)30-29-15-19-10-12-23(25(14-19)33-4)35-27(32)21-7-5-6-8-22(21)28/h5-15,17H,16H2,1-4H3,(H,30,31)/b29-15-. The van der Waals surface area contributed by atoms with E-state index < -0.39 is 5.97 Å². The van der Waals surface area contributed by atoms with Crippen molar-refractivity contribution >= 4 is 40.7 Å². The Morgan fingerprint density at radius 3 is 2.51 bits per heavy atom. The molecule has 7 nitrogen and oxygen atoms in total. The van der Waals surface area contributed by atoms with Crippen LogP contribution >= 0.6 is 22.6 Å². The highest BCUT2D eigenvalue weighted by atomic mass is 127. The van der Waals surface area contributed by atoms with Crippen molar-refractivity contribution in [3.8, 4) is 17.2 Å². The summed E-state index contributed by atoms with van der Waals surface area (Å²) in [6, 6.07) is 18.1. The number of ether oxygens (including phenoxy) is 3. The fourth-order valence-corrected chi connectivity index (χ4v) is 3.84. The summed E-state index contributed by atoms with van der Waals surface area (Å²) in [6.45, 7) is 5.97. The molecule has 0 saturated carbocycles. The van der Waals surface area contributed by atoms with Crippen molar-refractivity contribution in [2.24, 2.45) is 5.10 Å². The van der Waals surface area contributed by atoms with E-state index in [1.807, 2.05) is 37.3 Å². The highest BCUT2D eigenvalue weighted by Gasteiger charge is 2.15. The highest BCUT2D eigenvalue weighted by Crippen LogP contribution is 2.29. The lowest BCUT2D eigenvalue weighted by Gasteiger charge is -2.14. The Bertz CT molecular complexity index is 1240. The Balaban J connectivity index is 1.59. The number of carbonyl (C=O) groups is 2. The van der Waals surface area contributed by atoms with Gasteiger partial charge in [0.15, 0.2) is 18.1 Å². The summed E-state index contributed by atoms with van der Waals surface area (Å²) in [7, 11) is 1.48. The molecule has 0 radical (unpaired) electrons. The molecule has 1 amide bonds. The zero-order chi connectivity index (χ0) is 25.4. The Kier molecular flexibility index (Phi) is 9.25. The van der Waals surface area contributed by atoms with Gasteiger partial charge in [-0.1, -0.05) is 38.1 Å². The van der Waals surface area contributed by atoms with E-state index in [0.29, 0.717) is 22.6 Å². The number of nitrogens with zero attached hydrogens (tertiary/aromatic N) is 1. The molecule has 3 aromatic carbocycles. The normalized spacial score (nSPS) is 10.9. The Morgan fingerprint density at radius 2 is 1.80 bits per heavy atom. The second-order valence-electron chi connectivity index (χ2n) is 8.06. The molecule has 8 heteroatoms. The molecule has 0 aliphatic carbocycles. The fraction of sp³-hybridized carbons (Fsp3) is 0.222. The summed E-state index contributed by atoms with van der Waals surface area (Å²) < 4.78 is 17.4. The average Bonchev–Trinajstić information content (AvgIpc) is 2.83. The van der Waals surface area contributed by atoms with Crippen LogP contribution in [0.1, 0.15) is 46.8 Å². The SMILES string of the molecule is COc1cc(/C=N\NC(=O)COc2cc(C)ccc2C(C)C)ccc1OC(=O)c1ccccc1I. The highest BCUT2D eigenvalue weighted by molar-refractivity contribution is 14.1. The predicted octanol–water partition coefficient (Wildman–Crippen LogP) is 5.48. The molecule has 0 aliphatic rings. The molecule has 0 aliphatic heterocycles. The van der Waals surface area contributed by atoms with Crippen LogP contribution in [0, 0.1) is 10.5 Å². The summed E-state index contributed by atoms with van der Waals surface area (Å²) in [5.41, 5.74) is 5.68. The molecule has 0 aromatic heterocycles. The zero-order valence-corrected chi connectivity index (χ0v) is 22.2. The average molecular weight is 586 g/mol. The lowest BCUT2D eigenvalue weighted by molar-refractivity contribution is -0.123. The molecule has 182 valence electrons. The first-order chi connectivity index (χ1) is 16.8. The van der Waals surface area contributed by atoms with Crippen LogP contribution in [0.15, 0.2) is 65.8 Å². The molecule has 0 saturated heterocycles. The van der Waals surface area contributed by atoms with E-state index in [4.69, 9.17) is 14.2 Å². The molecule has 35 heavy (non-hydrogen) atoms. The van der Waals surface area contributed by atoms with Gasteiger partial charge in [0.1, 0.15) is 5.75 Å². The number of amides is 1. The first kappa shape index (κ1) is 26.2. The lowest BCUT2D eigenvalue weighted by Crippen LogP contribution is -2.25. The van der Waals surface area contributed by atoms with E-state index in [0.717, 1.165) is 14.7 Å². The zero-order valence-electron chi connectivity index (χ0n) is 20.0. The number of nitrogens with one attached hydrogen (secondary N) is 1. The molecule has 3 rings (SSSR count). The van der Waals surface area contributed by atoms with E-state index in [2.05, 4.69) is 47.0 Å². The van der Waals surface area contributed by atoms with Gasteiger partial charge in [-0.2, -0.15) is 5.10 Å². The minimum atomic E-state index is -0.476. The third-order valence-corrected chi connectivity index (χ3v) is 5.98. The van der Waals surface area contributed by atoms with Gasteiger partial charge in [-0.15, -0.1) is 0 Å². The van der Waals surface area contributed by atoms with E-state index in [1.54, 1.807) is 30.3 Å². The van der Waals surface area contributed by atoms with Crippen LogP contribution in [0.25, 0.3) is 0 Å². The first-order valence-corrected chi connectivity index (χ1v) is 12.1. The van der Waals surface area contributed by atoms with Crippen molar-refractivity contribution < 1.29 is 23.8 Å². The summed E-state index contributed by atoms with van der Waals surface area (Å²) in [5, 5.41) is 3.99. The smallest absolute Gasteiger partial charge is 0.344 e. The predicted molar refractivity (Wildman–Crippen MR) is 144 cm³/mol. The summed E-state index contributed by atoms with van der Waals surface area (Å²) >= 11 is 2.08. The minimum absolute atomic E-state index is 0.156. The molecule has 0 fully saturated rings. The Hall–Kier alpha value is -3.40. The number of carbonyl (C=O) groups excluding carboxylic acids is 2. The quantitative estimate of drug-likeness (QED) is 0.118. The summed E-state index contributed by atoms with van der Waals surface area (Å²) in [4.78, 5) is 24.7. The number of rotatable bonds is 9. The molecule has 3 aromatic rings. The minimum Gasteiger partial charge on any atom is -0.493 e. The molecule has 1 N–H and O–H groups in total. The maximum absolute atomic E-state index is 12.5. The van der Waals surface area contributed by atoms with Gasteiger partial charge in [-0.25, -0.2) is 10.2 Å². The van der Waals surface area contributed by atoms with Gasteiger partial charge in [0.05, 0.1) is 18.9 Å². The second-order valence-corrected chi connectivity index (χ2v) is 9.22. The topological polar surface area (TPSA) is 86.2 Å². The number of methoxy groups -OCH3 is 1. The van der Waals surface area contributed by atoms with Crippen LogP contribution in [0.2, 0.25) is 0 Å². The van der Waals surface area contributed by atoms with Gasteiger partial charge in [-0.05, 0) is 88.5 Å². The maximum atomic E-state index is 12.5. The van der Waals surface area contributed by atoms with Gasteiger partial charge < -0.3 is 14.2 Å². The van der Waals surface area contributed by atoms with Gasteiger partial charge >= 0.3 is 5.97 Å². The van der Waals surface area contributed by atoms with Crippen LogP contribution in [-0.2, 0) is 4.79 Å². The van der Waals surface area contributed by atoms with Crippen LogP contribution in [-0.4, -0.2) is 31.8 Å². The Morgan fingerprint density at radius 1 is 1.03 bits per heavy atom. The van der Waals surface area contributed by atoms with Crippen molar-refractivity contribution in [2.45, 2.75) is 26.7 Å². The number of esters is 1. The van der Waals surface area contributed by atoms with Gasteiger partial charge in [0.25, 0.3) is 5.91 Å². The molecule has 0 atom stereocenters. The number of hydrogen-bond donors (Lipinski definition) is 1. The Labute approximate surface area is 218 Å². The molecular weight excluding hydrogens is 559 g/mol. The van der Waals surface area contributed by atoms with Crippen LogP contribution in [0.5, 0.6) is 17.2 Å². The van der Waals surface area contributed by atoms with Gasteiger partial charge in [0.2, 0.25) is 0 Å². The molecule has 0 spiro atoms. The van der Waals surface area contributed by atoms with E-state index in [1.165, 1.54) is 13.3 Å². The first-order valence-electron chi connectivity index (χ1n) is 11.0. The molecule has 0 heterocycles. The molecular formula is C27H27IN2O5. The number of hydrazone groups is 1. The monoisotopic (exact) mass is 586 g/mol. The van der Waals surface area contributed by atoms with Gasteiger partial charge in [0, 0.05) is 3.57 Å². The van der Waals surface area contributed by atoms with E-state index >= 15 is 0 Å². The third-order valence-electron chi connectivity index (χ3n) is 5.04. The summed E-state index contributed by atoms with van der Waals surface area (Å²) in [5.74, 6) is 0.762. The van der Waals surface area contributed by atoms with E-state index in [-0.39, 0.29) is 24.2 Å². The van der Waals surface area contributed by atoms with E-state index in [9.17, 15) is 9.59 Å². The van der Waals surface area contributed by atoms with Crippen LogP contribution in [0.3, 0.4) is 0 Å². The van der Waals surface area contributed by atoms with Crippen molar-refractivity contribution in [1.29, 1.82) is 0 Å². The molecule has 0 bridgehead atoms. The second kappa shape index (κ2) is 12.3. The maximum Gasteiger partial charge on any atom is 0.344 e. The molecule has 0 unspecified atom stereocenters. The number of benzene rings is 3. The van der Waals surface area contributed by atoms with Crippen LogP contribution in [0.4, 0.5) is 0 Å². The van der Waals surface area contributed by atoms with Crippen molar-refractivity contribution in [2.75, 3.05) is 13.7 Å². The summed E-state index contributed by atoms with van der Waals surface area (Å²) in [6.07, 6.45) is 1.47. The van der Waals surface area contributed by atoms with Crippen LogP contribution < -0.4 is 19.6 Å². The number of halogens is 1. The number of hydrogen-bond acceptors (Lipinski definition) is 6. The van der Waals surface area contributed by atoms with Gasteiger partial charge in [-0.3, -0.25) is 4.79 Å². The third kappa shape index (κ3) is 7.29. The van der Waals surface area contributed by atoms with Crippen molar-refractivity contribution in [1.82, 2.24) is 5.43 Å². The largest absolute Gasteiger partial charge is 0.493 e. The van der Waals surface area contributed by atoms with Crippen molar-refractivity contribution in [3.63, 3.8) is 0 Å². The number of aryl methyl sites for hydroxylation is 1. The van der Waals surface area contributed by atoms with Crippen molar-refractivity contribution in [3.05, 3.63) is 86.5 Å². The lowest BCUT2D eigenvalue weighted by atomic mass is 10.0.